The van der Waals surface area contributed by atoms with Gasteiger partial charge in [0.05, 0.1) is 20.2 Å². The summed E-state index contributed by atoms with van der Waals surface area (Å²) in [6, 6.07) is 14.1. The summed E-state index contributed by atoms with van der Waals surface area (Å²) in [5.74, 6) is 1.37. The van der Waals surface area contributed by atoms with Gasteiger partial charge in [0, 0.05) is 37.7 Å². The second-order valence-electron chi connectivity index (χ2n) is 6.23. The molecule has 2 N–H and O–H groups in total. The van der Waals surface area contributed by atoms with Crippen LogP contribution in [0.5, 0.6) is 5.88 Å². The Labute approximate surface area is 188 Å². The standard InChI is InChI=1S/C21H26N6O.HI/c1-3-22-21(24-14-17-9-11-23-20(13-17)28-2)25-15-18-7-4-5-8-19(18)16-27-12-6-10-26-27;/h4-13H,3,14-16H2,1-2H3,(H2,22,24,25);1H. The van der Waals surface area contributed by atoms with Crippen molar-refractivity contribution in [2.45, 2.75) is 26.6 Å². The highest BCUT2D eigenvalue weighted by atomic mass is 127. The van der Waals surface area contributed by atoms with Crippen molar-refractivity contribution >= 4 is 29.9 Å². The number of hydrogen-bond acceptors (Lipinski definition) is 4. The summed E-state index contributed by atoms with van der Waals surface area (Å²) in [6.07, 6.45) is 5.50. The highest BCUT2D eigenvalue weighted by Gasteiger charge is 2.05. The Bertz CT molecular complexity index is 898. The van der Waals surface area contributed by atoms with E-state index in [0.717, 1.165) is 24.6 Å². The van der Waals surface area contributed by atoms with Gasteiger partial charge in [0.25, 0.3) is 0 Å². The predicted octanol–water partition coefficient (Wildman–Crippen LogP) is 3.21. The fraction of sp³-hybridized carbons (Fsp3) is 0.286. The minimum atomic E-state index is 0. The Morgan fingerprint density at radius 1 is 1.10 bits per heavy atom. The van der Waals surface area contributed by atoms with Gasteiger partial charge >= 0.3 is 0 Å². The van der Waals surface area contributed by atoms with E-state index in [1.54, 1.807) is 19.5 Å². The van der Waals surface area contributed by atoms with Crippen molar-refractivity contribution in [1.29, 1.82) is 0 Å². The van der Waals surface area contributed by atoms with E-state index in [0.29, 0.717) is 19.0 Å². The normalized spacial score (nSPS) is 10.9. The highest BCUT2D eigenvalue weighted by Crippen LogP contribution is 2.11. The van der Waals surface area contributed by atoms with Crippen LogP contribution in [0.4, 0.5) is 0 Å². The summed E-state index contributed by atoms with van der Waals surface area (Å²) < 4.78 is 7.10. The number of benzene rings is 1. The lowest BCUT2D eigenvalue weighted by molar-refractivity contribution is 0.397. The average Bonchev–Trinajstić information content (AvgIpc) is 3.24. The first-order valence-corrected chi connectivity index (χ1v) is 9.33. The second-order valence-corrected chi connectivity index (χ2v) is 6.23. The maximum atomic E-state index is 5.17. The van der Waals surface area contributed by atoms with Crippen molar-refractivity contribution < 1.29 is 4.74 Å². The molecule has 0 spiro atoms. The van der Waals surface area contributed by atoms with Crippen LogP contribution in [0, 0.1) is 0 Å². The molecule has 0 saturated heterocycles. The van der Waals surface area contributed by atoms with E-state index in [9.17, 15) is 0 Å². The number of halogens is 1. The van der Waals surface area contributed by atoms with Crippen molar-refractivity contribution in [3.8, 4) is 5.88 Å². The van der Waals surface area contributed by atoms with Gasteiger partial charge in [0.2, 0.25) is 5.88 Å². The molecule has 0 atom stereocenters. The zero-order chi connectivity index (χ0) is 19.6. The van der Waals surface area contributed by atoms with Crippen LogP contribution in [0.15, 0.2) is 66.0 Å². The largest absolute Gasteiger partial charge is 0.481 e. The molecule has 0 aliphatic rings. The number of methoxy groups -OCH3 is 1. The molecule has 3 aromatic rings. The average molecular weight is 506 g/mol. The van der Waals surface area contributed by atoms with E-state index in [-0.39, 0.29) is 24.0 Å². The van der Waals surface area contributed by atoms with E-state index in [1.165, 1.54) is 11.1 Å². The molecule has 29 heavy (non-hydrogen) atoms. The Hall–Kier alpha value is -2.62. The number of nitrogens with one attached hydrogen (secondary N) is 2. The minimum Gasteiger partial charge on any atom is -0.481 e. The van der Waals surface area contributed by atoms with Crippen LogP contribution in [0.25, 0.3) is 0 Å². The molecule has 7 nitrogen and oxygen atoms in total. The Morgan fingerprint density at radius 2 is 1.93 bits per heavy atom. The van der Waals surface area contributed by atoms with Crippen molar-refractivity contribution in [2.75, 3.05) is 13.7 Å². The first-order valence-electron chi connectivity index (χ1n) is 9.33. The van der Waals surface area contributed by atoms with Crippen LogP contribution in [0.1, 0.15) is 23.6 Å². The number of hydrogen-bond donors (Lipinski definition) is 2. The van der Waals surface area contributed by atoms with Gasteiger partial charge in [-0.15, -0.1) is 24.0 Å². The molecule has 0 fully saturated rings. The van der Waals surface area contributed by atoms with E-state index in [1.807, 2.05) is 29.1 Å². The first-order chi connectivity index (χ1) is 13.8. The van der Waals surface area contributed by atoms with Crippen molar-refractivity contribution in [3.05, 3.63) is 77.7 Å². The van der Waals surface area contributed by atoms with E-state index in [4.69, 9.17) is 4.74 Å². The Kier molecular flexibility index (Phi) is 9.42. The number of rotatable bonds is 8. The molecule has 8 heteroatoms. The summed E-state index contributed by atoms with van der Waals surface area (Å²) in [5, 5.41) is 11.0. The van der Waals surface area contributed by atoms with Crippen LogP contribution in [-0.4, -0.2) is 34.4 Å². The molecule has 0 bridgehead atoms. The third-order valence-corrected chi connectivity index (χ3v) is 4.23. The quantitative estimate of drug-likeness (QED) is 0.279. The third-order valence-electron chi connectivity index (χ3n) is 4.23. The van der Waals surface area contributed by atoms with Crippen molar-refractivity contribution in [2.24, 2.45) is 4.99 Å². The van der Waals surface area contributed by atoms with Crippen LogP contribution >= 0.6 is 24.0 Å². The van der Waals surface area contributed by atoms with Gasteiger partial charge in [-0.05, 0) is 35.7 Å². The van der Waals surface area contributed by atoms with Crippen LogP contribution in [0.2, 0.25) is 0 Å². The SMILES string of the molecule is CCNC(=NCc1ccnc(OC)c1)NCc1ccccc1Cn1cccn1.I. The molecule has 0 unspecified atom stereocenters. The molecule has 0 amide bonds. The molecule has 0 aliphatic heterocycles. The molecule has 0 aliphatic carbocycles. The van der Waals surface area contributed by atoms with E-state index in [2.05, 4.69) is 56.9 Å². The molecular weight excluding hydrogens is 479 g/mol. The second kappa shape index (κ2) is 12.1. The smallest absolute Gasteiger partial charge is 0.213 e. The van der Waals surface area contributed by atoms with Gasteiger partial charge in [-0.25, -0.2) is 9.98 Å². The first kappa shape index (κ1) is 22.7. The summed E-state index contributed by atoms with van der Waals surface area (Å²) >= 11 is 0. The Morgan fingerprint density at radius 3 is 2.66 bits per heavy atom. The lowest BCUT2D eigenvalue weighted by Gasteiger charge is -2.14. The summed E-state index contributed by atoms with van der Waals surface area (Å²) in [4.78, 5) is 8.80. The third kappa shape index (κ3) is 7.04. The molecule has 154 valence electrons. The minimum absolute atomic E-state index is 0. The fourth-order valence-electron chi connectivity index (χ4n) is 2.80. The number of guanidine groups is 1. The lowest BCUT2D eigenvalue weighted by atomic mass is 10.1. The summed E-state index contributed by atoms with van der Waals surface area (Å²) in [5.41, 5.74) is 3.49. The van der Waals surface area contributed by atoms with Gasteiger partial charge in [-0.3, -0.25) is 4.68 Å². The van der Waals surface area contributed by atoms with Gasteiger partial charge < -0.3 is 15.4 Å². The molecule has 0 saturated carbocycles. The predicted molar refractivity (Wildman–Crippen MR) is 126 cm³/mol. The number of pyridine rings is 1. The van der Waals surface area contributed by atoms with Crippen LogP contribution in [-0.2, 0) is 19.6 Å². The van der Waals surface area contributed by atoms with Gasteiger partial charge in [-0.1, -0.05) is 24.3 Å². The zero-order valence-corrected chi connectivity index (χ0v) is 19.0. The molecular formula is C21H27IN6O. The molecule has 1 aromatic carbocycles. The van der Waals surface area contributed by atoms with E-state index >= 15 is 0 Å². The van der Waals surface area contributed by atoms with Crippen molar-refractivity contribution in [3.63, 3.8) is 0 Å². The van der Waals surface area contributed by atoms with Gasteiger partial charge in [-0.2, -0.15) is 5.10 Å². The van der Waals surface area contributed by atoms with Gasteiger partial charge in [0.1, 0.15) is 0 Å². The summed E-state index contributed by atoms with van der Waals surface area (Å²) in [6.45, 7) is 4.82. The number of aromatic nitrogens is 3. The van der Waals surface area contributed by atoms with Crippen molar-refractivity contribution in [1.82, 2.24) is 25.4 Å². The summed E-state index contributed by atoms with van der Waals surface area (Å²) in [7, 11) is 1.61. The maximum Gasteiger partial charge on any atom is 0.213 e. The van der Waals surface area contributed by atoms with Crippen LogP contribution in [0.3, 0.4) is 0 Å². The monoisotopic (exact) mass is 506 g/mol. The van der Waals surface area contributed by atoms with E-state index < -0.39 is 0 Å². The maximum absolute atomic E-state index is 5.17. The Balaban J connectivity index is 0.00000300. The molecule has 2 heterocycles. The van der Waals surface area contributed by atoms with Crippen LogP contribution < -0.4 is 15.4 Å². The number of ether oxygens (including phenoxy) is 1. The molecule has 3 rings (SSSR count). The molecule has 0 radical (unpaired) electrons. The fourth-order valence-corrected chi connectivity index (χ4v) is 2.80. The number of aliphatic imine (C=N–C) groups is 1. The highest BCUT2D eigenvalue weighted by molar-refractivity contribution is 14.0. The van der Waals surface area contributed by atoms with Gasteiger partial charge in [0.15, 0.2) is 5.96 Å². The lowest BCUT2D eigenvalue weighted by Crippen LogP contribution is -2.37. The zero-order valence-electron chi connectivity index (χ0n) is 16.7. The number of nitrogens with zero attached hydrogens (tertiary/aromatic N) is 4. The molecule has 2 aromatic heterocycles. The topological polar surface area (TPSA) is 76.4 Å².